The van der Waals surface area contributed by atoms with Crippen LogP contribution < -0.4 is 5.73 Å². The third-order valence-corrected chi connectivity index (χ3v) is 2.61. The van der Waals surface area contributed by atoms with Crippen LogP contribution in [0.25, 0.3) is 0 Å². The number of hydrogen-bond donors (Lipinski definition) is 2. The number of rotatable bonds is 1. The van der Waals surface area contributed by atoms with Gasteiger partial charge in [-0.1, -0.05) is 6.58 Å². The molecule has 1 aliphatic rings. The highest BCUT2D eigenvalue weighted by atomic mass is 32.1. The van der Waals surface area contributed by atoms with Crippen molar-refractivity contribution in [3.63, 3.8) is 0 Å². The van der Waals surface area contributed by atoms with E-state index in [9.17, 15) is 0 Å². The molecule has 1 aliphatic carbocycles. The predicted octanol–water partition coefficient (Wildman–Crippen LogP) is 1.95. The molecule has 1 saturated carbocycles. The van der Waals surface area contributed by atoms with Gasteiger partial charge in [0.05, 0.1) is 0 Å². The van der Waals surface area contributed by atoms with Crippen molar-refractivity contribution in [1.82, 2.24) is 0 Å². The van der Waals surface area contributed by atoms with E-state index in [0.29, 0.717) is 12.0 Å². The zero-order valence-electron chi connectivity index (χ0n) is 6.21. The molecule has 0 radical (unpaired) electrons. The molecule has 1 rings (SSSR count). The van der Waals surface area contributed by atoms with Gasteiger partial charge in [0.2, 0.25) is 0 Å². The summed E-state index contributed by atoms with van der Waals surface area (Å²) < 4.78 is 0. The fourth-order valence-electron chi connectivity index (χ4n) is 1.45. The molecule has 0 aromatic rings. The van der Waals surface area contributed by atoms with Crippen molar-refractivity contribution in [3.8, 4) is 0 Å². The number of thiol groups is 1. The second kappa shape index (κ2) is 3.44. The van der Waals surface area contributed by atoms with Gasteiger partial charge in [0.15, 0.2) is 0 Å². The molecule has 58 valence electrons. The highest BCUT2D eigenvalue weighted by Crippen LogP contribution is 2.29. The van der Waals surface area contributed by atoms with Crippen LogP contribution in [0.1, 0.15) is 25.7 Å². The van der Waals surface area contributed by atoms with E-state index in [1.807, 2.05) is 0 Å². The fraction of sp³-hybridized carbons (Fsp3) is 0.750. The zero-order chi connectivity index (χ0) is 7.56. The van der Waals surface area contributed by atoms with Gasteiger partial charge in [-0.05, 0) is 36.5 Å². The summed E-state index contributed by atoms with van der Waals surface area (Å²) in [7, 11) is 0. The van der Waals surface area contributed by atoms with Gasteiger partial charge in [-0.15, -0.1) is 12.6 Å². The van der Waals surface area contributed by atoms with Crippen molar-refractivity contribution in [2.45, 2.75) is 31.7 Å². The largest absolute Gasteiger partial charge is 0.328 e. The van der Waals surface area contributed by atoms with Gasteiger partial charge in [0.1, 0.15) is 0 Å². The smallest absolute Gasteiger partial charge is 0.00392 e. The molecule has 0 saturated heterocycles. The first kappa shape index (κ1) is 8.15. The summed E-state index contributed by atoms with van der Waals surface area (Å²) in [5.74, 6) is 0.628. The van der Waals surface area contributed by atoms with Crippen LogP contribution in [-0.2, 0) is 0 Å². The summed E-state index contributed by atoms with van der Waals surface area (Å²) in [5, 5.41) is 0. The lowest BCUT2D eigenvalue weighted by Gasteiger charge is -2.25. The van der Waals surface area contributed by atoms with Crippen LogP contribution in [0.15, 0.2) is 11.5 Å². The van der Waals surface area contributed by atoms with Crippen LogP contribution >= 0.6 is 12.6 Å². The zero-order valence-corrected chi connectivity index (χ0v) is 7.11. The van der Waals surface area contributed by atoms with Crippen molar-refractivity contribution in [2.24, 2.45) is 11.7 Å². The Hall–Kier alpha value is 0.0500. The van der Waals surface area contributed by atoms with E-state index in [1.54, 1.807) is 0 Å². The van der Waals surface area contributed by atoms with Crippen molar-refractivity contribution < 1.29 is 0 Å². The number of hydrogen-bond acceptors (Lipinski definition) is 2. The average molecular weight is 157 g/mol. The van der Waals surface area contributed by atoms with Crippen LogP contribution in [-0.4, -0.2) is 6.04 Å². The monoisotopic (exact) mass is 157 g/mol. The second-order valence-electron chi connectivity index (χ2n) is 3.10. The second-order valence-corrected chi connectivity index (χ2v) is 3.68. The lowest BCUT2D eigenvalue weighted by Crippen LogP contribution is -2.26. The lowest BCUT2D eigenvalue weighted by molar-refractivity contribution is 0.372. The van der Waals surface area contributed by atoms with Crippen LogP contribution in [0.3, 0.4) is 0 Å². The third-order valence-electron chi connectivity index (χ3n) is 2.24. The van der Waals surface area contributed by atoms with Gasteiger partial charge in [-0.25, -0.2) is 0 Å². The van der Waals surface area contributed by atoms with Crippen molar-refractivity contribution in [1.29, 1.82) is 0 Å². The summed E-state index contributed by atoms with van der Waals surface area (Å²) in [6.07, 6.45) is 4.65. The molecule has 1 nitrogen and oxygen atoms in total. The Bertz CT molecular complexity index is 125. The van der Waals surface area contributed by atoms with Gasteiger partial charge in [0.25, 0.3) is 0 Å². The predicted molar refractivity (Wildman–Crippen MR) is 48.1 cm³/mol. The van der Waals surface area contributed by atoms with E-state index in [0.717, 1.165) is 17.7 Å². The Morgan fingerprint density at radius 3 is 2.20 bits per heavy atom. The molecule has 0 heterocycles. The molecule has 10 heavy (non-hydrogen) atoms. The molecule has 0 bridgehead atoms. The Morgan fingerprint density at radius 1 is 1.30 bits per heavy atom. The van der Waals surface area contributed by atoms with Crippen LogP contribution in [0.4, 0.5) is 0 Å². The molecule has 1 fully saturated rings. The van der Waals surface area contributed by atoms with Gasteiger partial charge in [-0.3, -0.25) is 0 Å². The fourth-order valence-corrected chi connectivity index (χ4v) is 1.71. The Labute approximate surface area is 68.1 Å². The molecule has 0 atom stereocenters. The molecule has 2 heteroatoms. The van der Waals surface area contributed by atoms with Crippen molar-refractivity contribution in [3.05, 3.63) is 11.5 Å². The Kier molecular flexibility index (Phi) is 2.81. The van der Waals surface area contributed by atoms with Gasteiger partial charge in [-0.2, -0.15) is 0 Å². The molecule has 0 aliphatic heterocycles. The minimum Gasteiger partial charge on any atom is -0.328 e. The SMILES string of the molecule is C=C(S)C1CCC(N)CC1. The van der Waals surface area contributed by atoms with Gasteiger partial charge < -0.3 is 5.73 Å². The normalized spacial score (nSPS) is 33.8. The van der Waals surface area contributed by atoms with E-state index in [-0.39, 0.29) is 0 Å². The van der Waals surface area contributed by atoms with Crippen LogP contribution in [0, 0.1) is 5.92 Å². The van der Waals surface area contributed by atoms with E-state index < -0.39 is 0 Å². The third kappa shape index (κ3) is 2.03. The van der Waals surface area contributed by atoms with Crippen molar-refractivity contribution in [2.75, 3.05) is 0 Å². The molecule has 0 aromatic heterocycles. The first-order valence-electron chi connectivity index (χ1n) is 3.83. The molecule has 0 spiro atoms. The Morgan fingerprint density at radius 2 is 1.80 bits per heavy atom. The molecular formula is C8H15NS. The minimum atomic E-state index is 0.434. The summed E-state index contributed by atoms with van der Waals surface area (Å²) >= 11 is 4.24. The topological polar surface area (TPSA) is 26.0 Å². The van der Waals surface area contributed by atoms with E-state index in [2.05, 4.69) is 19.2 Å². The first-order chi connectivity index (χ1) is 4.70. The first-order valence-corrected chi connectivity index (χ1v) is 4.28. The van der Waals surface area contributed by atoms with Gasteiger partial charge >= 0.3 is 0 Å². The maximum Gasteiger partial charge on any atom is 0.00392 e. The van der Waals surface area contributed by atoms with Crippen LogP contribution in [0.2, 0.25) is 0 Å². The number of nitrogens with two attached hydrogens (primary N) is 1. The summed E-state index contributed by atoms with van der Waals surface area (Å²) in [6.45, 7) is 3.83. The highest BCUT2D eigenvalue weighted by Gasteiger charge is 2.18. The van der Waals surface area contributed by atoms with E-state index in [4.69, 9.17) is 5.73 Å². The lowest BCUT2D eigenvalue weighted by atomic mass is 9.86. The summed E-state index contributed by atoms with van der Waals surface area (Å²) in [5.41, 5.74) is 5.74. The highest BCUT2D eigenvalue weighted by molar-refractivity contribution is 7.84. The quantitative estimate of drug-likeness (QED) is 0.559. The van der Waals surface area contributed by atoms with E-state index >= 15 is 0 Å². The summed E-state index contributed by atoms with van der Waals surface area (Å²) in [6, 6.07) is 0.434. The van der Waals surface area contributed by atoms with Gasteiger partial charge in [0, 0.05) is 6.04 Å². The molecule has 0 aromatic carbocycles. The molecular weight excluding hydrogens is 142 g/mol. The Balaban J connectivity index is 2.33. The maximum absolute atomic E-state index is 5.74. The van der Waals surface area contributed by atoms with E-state index in [1.165, 1.54) is 12.8 Å². The minimum absolute atomic E-state index is 0.434. The number of allylic oxidation sites excluding steroid dienone is 1. The molecule has 0 amide bonds. The molecule has 2 N–H and O–H groups in total. The molecule has 0 unspecified atom stereocenters. The van der Waals surface area contributed by atoms with Crippen LogP contribution in [0.5, 0.6) is 0 Å². The van der Waals surface area contributed by atoms with Crippen molar-refractivity contribution >= 4 is 12.6 Å². The summed E-state index contributed by atoms with van der Waals surface area (Å²) in [4.78, 5) is 1.03. The average Bonchev–Trinajstić information content (AvgIpc) is 1.88. The maximum atomic E-state index is 5.74. The standard InChI is InChI=1S/C8H15NS/c1-6(10)7-2-4-8(9)5-3-7/h7-8,10H,1-5,9H2.